The lowest BCUT2D eigenvalue weighted by molar-refractivity contribution is -0.140. The maximum atomic E-state index is 13.2. The van der Waals surface area contributed by atoms with Gasteiger partial charge in [0.1, 0.15) is 5.82 Å². The van der Waals surface area contributed by atoms with E-state index in [0.717, 1.165) is 0 Å². The SMILES string of the molecule is COC(=O)CCCC(=O)c1ccc(Br)c(F)c1. The molecule has 0 unspecified atom stereocenters. The highest BCUT2D eigenvalue weighted by molar-refractivity contribution is 9.10. The quantitative estimate of drug-likeness (QED) is 0.620. The van der Waals surface area contributed by atoms with E-state index in [0.29, 0.717) is 16.5 Å². The molecule has 17 heavy (non-hydrogen) atoms. The van der Waals surface area contributed by atoms with Crippen LogP contribution >= 0.6 is 15.9 Å². The van der Waals surface area contributed by atoms with Crippen molar-refractivity contribution in [3.8, 4) is 0 Å². The van der Waals surface area contributed by atoms with E-state index in [1.807, 2.05) is 0 Å². The number of carbonyl (C=O) groups excluding carboxylic acids is 2. The minimum absolute atomic E-state index is 0.180. The highest BCUT2D eigenvalue weighted by Crippen LogP contribution is 2.17. The lowest BCUT2D eigenvalue weighted by Crippen LogP contribution is -2.04. The van der Waals surface area contributed by atoms with Gasteiger partial charge in [-0.25, -0.2) is 4.39 Å². The first-order chi connectivity index (χ1) is 8.04. The second kappa shape index (κ2) is 6.49. The Morgan fingerprint density at radius 3 is 2.65 bits per heavy atom. The molecule has 0 saturated carbocycles. The van der Waals surface area contributed by atoms with Gasteiger partial charge < -0.3 is 4.74 Å². The Morgan fingerprint density at radius 1 is 1.35 bits per heavy atom. The first kappa shape index (κ1) is 13.8. The Bertz CT molecular complexity index is 432. The van der Waals surface area contributed by atoms with Gasteiger partial charge in [-0.15, -0.1) is 0 Å². The third kappa shape index (κ3) is 4.26. The number of hydrogen-bond acceptors (Lipinski definition) is 3. The van der Waals surface area contributed by atoms with Gasteiger partial charge in [0.05, 0.1) is 11.6 Å². The molecule has 0 aromatic heterocycles. The summed E-state index contributed by atoms with van der Waals surface area (Å²) in [5.74, 6) is -0.996. The summed E-state index contributed by atoms with van der Waals surface area (Å²) in [5.41, 5.74) is 0.315. The zero-order valence-corrected chi connectivity index (χ0v) is 10.9. The van der Waals surface area contributed by atoms with Crippen molar-refractivity contribution in [2.75, 3.05) is 7.11 Å². The van der Waals surface area contributed by atoms with Crippen molar-refractivity contribution in [2.24, 2.45) is 0 Å². The number of carbonyl (C=O) groups is 2. The van der Waals surface area contributed by atoms with Crippen LogP contribution in [0.25, 0.3) is 0 Å². The van der Waals surface area contributed by atoms with Crippen molar-refractivity contribution < 1.29 is 18.7 Å². The van der Waals surface area contributed by atoms with E-state index in [2.05, 4.69) is 20.7 Å². The molecule has 92 valence electrons. The number of rotatable bonds is 5. The molecule has 0 aliphatic carbocycles. The highest BCUT2D eigenvalue weighted by atomic mass is 79.9. The average molecular weight is 303 g/mol. The fourth-order valence-electron chi connectivity index (χ4n) is 1.31. The predicted molar refractivity (Wildman–Crippen MR) is 64.3 cm³/mol. The standard InChI is InChI=1S/C12H12BrFO3/c1-17-12(16)4-2-3-11(15)8-5-6-9(13)10(14)7-8/h5-7H,2-4H2,1H3. The molecule has 3 nitrogen and oxygen atoms in total. The summed E-state index contributed by atoms with van der Waals surface area (Å²) in [6, 6.07) is 4.22. The van der Waals surface area contributed by atoms with E-state index in [9.17, 15) is 14.0 Å². The van der Waals surface area contributed by atoms with Gasteiger partial charge in [-0.3, -0.25) is 9.59 Å². The third-order valence-corrected chi connectivity index (χ3v) is 2.90. The van der Waals surface area contributed by atoms with E-state index in [1.165, 1.54) is 19.2 Å². The molecule has 0 fully saturated rings. The number of ether oxygens (including phenoxy) is 1. The number of ketones is 1. The first-order valence-corrected chi connectivity index (χ1v) is 5.89. The first-order valence-electron chi connectivity index (χ1n) is 5.09. The fourth-order valence-corrected chi connectivity index (χ4v) is 1.56. The normalized spacial score (nSPS) is 10.1. The summed E-state index contributed by atoms with van der Waals surface area (Å²) < 4.78 is 18.0. The lowest BCUT2D eigenvalue weighted by Gasteiger charge is -2.02. The van der Waals surface area contributed by atoms with Gasteiger partial charge in [0.15, 0.2) is 5.78 Å². The van der Waals surface area contributed by atoms with Gasteiger partial charge in [0, 0.05) is 18.4 Å². The molecule has 1 rings (SSSR count). The Balaban J connectivity index is 2.52. The monoisotopic (exact) mass is 302 g/mol. The highest BCUT2D eigenvalue weighted by Gasteiger charge is 2.09. The van der Waals surface area contributed by atoms with E-state index in [1.54, 1.807) is 6.07 Å². The van der Waals surface area contributed by atoms with Gasteiger partial charge in [0.2, 0.25) is 0 Å². The zero-order valence-electron chi connectivity index (χ0n) is 9.33. The summed E-state index contributed by atoms with van der Waals surface area (Å²) in [5, 5.41) is 0. The van der Waals surface area contributed by atoms with Gasteiger partial charge in [0.25, 0.3) is 0 Å². The fraction of sp³-hybridized carbons (Fsp3) is 0.333. The topological polar surface area (TPSA) is 43.4 Å². The maximum absolute atomic E-state index is 13.2. The molecule has 0 N–H and O–H groups in total. The van der Waals surface area contributed by atoms with Gasteiger partial charge in [-0.05, 0) is 34.5 Å². The van der Waals surface area contributed by atoms with Crippen molar-refractivity contribution in [2.45, 2.75) is 19.3 Å². The Morgan fingerprint density at radius 2 is 2.06 bits per heavy atom. The van der Waals surface area contributed by atoms with Crippen LogP contribution in [0.4, 0.5) is 4.39 Å². The van der Waals surface area contributed by atoms with E-state index in [4.69, 9.17) is 0 Å². The van der Waals surface area contributed by atoms with Crippen LogP contribution in [0.3, 0.4) is 0 Å². The van der Waals surface area contributed by atoms with Crippen LogP contribution in [-0.2, 0) is 9.53 Å². The number of methoxy groups -OCH3 is 1. The van der Waals surface area contributed by atoms with Crippen molar-refractivity contribution in [1.29, 1.82) is 0 Å². The Kier molecular flexibility index (Phi) is 5.28. The van der Waals surface area contributed by atoms with Gasteiger partial charge >= 0.3 is 5.97 Å². The lowest BCUT2D eigenvalue weighted by atomic mass is 10.1. The smallest absolute Gasteiger partial charge is 0.305 e. The minimum atomic E-state index is -0.469. The molecule has 0 atom stereocenters. The second-order valence-electron chi connectivity index (χ2n) is 3.48. The molecule has 0 aliphatic heterocycles. The number of esters is 1. The molecule has 1 aromatic carbocycles. The van der Waals surface area contributed by atoms with E-state index in [-0.39, 0.29) is 24.6 Å². The van der Waals surface area contributed by atoms with Crippen LogP contribution < -0.4 is 0 Å². The molecular weight excluding hydrogens is 291 g/mol. The third-order valence-electron chi connectivity index (χ3n) is 2.25. The second-order valence-corrected chi connectivity index (χ2v) is 4.34. The van der Waals surface area contributed by atoms with Crippen LogP contribution in [0, 0.1) is 5.82 Å². The molecule has 0 spiro atoms. The van der Waals surface area contributed by atoms with E-state index < -0.39 is 5.82 Å². The summed E-state index contributed by atoms with van der Waals surface area (Å²) in [7, 11) is 1.30. The van der Waals surface area contributed by atoms with Crippen molar-refractivity contribution in [3.63, 3.8) is 0 Å². The molecular formula is C12H12BrFO3. The summed E-state index contributed by atoms with van der Waals surface area (Å²) in [4.78, 5) is 22.5. The van der Waals surface area contributed by atoms with Crippen LogP contribution in [-0.4, -0.2) is 18.9 Å². The van der Waals surface area contributed by atoms with Crippen LogP contribution in [0.1, 0.15) is 29.6 Å². The maximum Gasteiger partial charge on any atom is 0.305 e. The van der Waals surface area contributed by atoms with Gasteiger partial charge in [-0.2, -0.15) is 0 Å². The average Bonchev–Trinajstić information content (AvgIpc) is 2.32. The summed E-state index contributed by atoms with van der Waals surface area (Å²) >= 11 is 3.01. The molecule has 0 bridgehead atoms. The molecule has 0 radical (unpaired) electrons. The number of hydrogen-bond donors (Lipinski definition) is 0. The van der Waals surface area contributed by atoms with Crippen LogP contribution in [0.15, 0.2) is 22.7 Å². The Hall–Kier alpha value is -1.23. The molecule has 0 amide bonds. The van der Waals surface area contributed by atoms with Crippen molar-refractivity contribution >= 4 is 27.7 Å². The zero-order chi connectivity index (χ0) is 12.8. The predicted octanol–water partition coefficient (Wildman–Crippen LogP) is 3.11. The molecule has 0 heterocycles. The molecule has 0 saturated heterocycles. The number of halogens is 2. The molecule has 0 aliphatic rings. The van der Waals surface area contributed by atoms with E-state index >= 15 is 0 Å². The number of Topliss-reactive ketones (excluding diaryl/α,β-unsaturated/α-hetero) is 1. The number of benzene rings is 1. The van der Waals surface area contributed by atoms with Crippen LogP contribution in [0.5, 0.6) is 0 Å². The van der Waals surface area contributed by atoms with Crippen molar-refractivity contribution in [1.82, 2.24) is 0 Å². The van der Waals surface area contributed by atoms with Crippen LogP contribution in [0.2, 0.25) is 0 Å². The molecule has 1 aromatic rings. The largest absolute Gasteiger partial charge is 0.469 e. The Labute approximate surface area is 107 Å². The van der Waals surface area contributed by atoms with Gasteiger partial charge in [-0.1, -0.05) is 6.07 Å². The molecule has 5 heteroatoms. The summed E-state index contributed by atoms with van der Waals surface area (Å²) in [6.07, 6.45) is 0.806. The van der Waals surface area contributed by atoms with Crippen molar-refractivity contribution in [3.05, 3.63) is 34.1 Å². The summed E-state index contributed by atoms with van der Waals surface area (Å²) in [6.45, 7) is 0. The minimum Gasteiger partial charge on any atom is -0.469 e.